The average Bonchev–Trinajstić information content (AvgIpc) is 2.40. The van der Waals surface area contributed by atoms with Crippen LogP contribution in [0.4, 0.5) is 5.69 Å². The lowest BCUT2D eigenvalue weighted by molar-refractivity contribution is 0.258. The first-order valence-electron chi connectivity index (χ1n) is 6.13. The highest BCUT2D eigenvalue weighted by atomic mass is 15.1. The van der Waals surface area contributed by atoms with E-state index >= 15 is 0 Å². The highest BCUT2D eigenvalue weighted by Gasteiger charge is 2.29. The molecule has 1 aliphatic rings. The number of benzene rings is 1. The molecular formula is C14H19N3. The first-order valence-corrected chi connectivity index (χ1v) is 6.13. The van der Waals surface area contributed by atoms with Gasteiger partial charge in [-0.05, 0) is 36.9 Å². The highest BCUT2D eigenvalue weighted by Crippen LogP contribution is 2.32. The van der Waals surface area contributed by atoms with Crippen molar-refractivity contribution < 1.29 is 0 Å². The van der Waals surface area contributed by atoms with Gasteiger partial charge in [-0.3, -0.25) is 0 Å². The van der Waals surface area contributed by atoms with Crippen molar-refractivity contribution in [2.75, 3.05) is 24.5 Å². The zero-order valence-electron chi connectivity index (χ0n) is 10.3. The molecule has 0 saturated carbocycles. The second-order valence-electron chi connectivity index (χ2n) is 5.13. The minimum absolute atomic E-state index is 0.276. The van der Waals surface area contributed by atoms with Crippen molar-refractivity contribution in [3.8, 4) is 6.07 Å². The fourth-order valence-corrected chi connectivity index (χ4v) is 2.34. The molecule has 0 aliphatic carbocycles. The van der Waals surface area contributed by atoms with Crippen LogP contribution in [0, 0.1) is 16.7 Å². The van der Waals surface area contributed by atoms with Crippen molar-refractivity contribution in [3.05, 3.63) is 29.8 Å². The molecule has 1 aliphatic heterocycles. The number of hydrogen-bond donors (Lipinski definition) is 1. The van der Waals surface area contributed by atoms with Gasteiger partial charge in [0, 0.05) is 13.1 Å². The van der Waals surface area contributed by atoms with Crippen LogP contribution >= 0.6 is 0 Å². The first-order chi connectivity index (χ1) is 8.18. The summed E-state index contributed by atoms with van der Waals surface area (Å²) in [5.41, 5.74) is 7.91. The molecule has 1 fully saturated rings. The Kier molecular flexibility index (Phi) is 3.35. The van der Waals surface area contributed by atoms with Gasteiger partial charge in [0.1, 0.15) is 6.07 Å². The SMILES string of the molecule is CC1(CN)CCN(c2ccccc2C#N)CC1. The molecular weight excluding hydrogens is 210 g/mol. The van der Waals surface area contributed by atoms with Gasteiger partial charge in [0.25, 0.3) is 0 Å². The average molecular weight is 229 g/mol. The Hall–Kier alpha value is -1.53. The lowest BCUT2D eigenvalue weighted by Gasteiger charge is -2.40. The number of para-hydroxylation sites is 1. The third kappa shape index (κ3) is 2.42. The highest BCUT2D eigenvalue weighted by molar-refractivity contribution is 5.59. The molecule has 1 heterocycles. The lowest BCUT2D eigenvalue weighted by atomic mass is 9.80. The Morgan fingerprint density at radius 2 is 2.00 bits per heavy atom. The Morgan fingerprint density at radius 3 is 2.59 bits per heavy atom. The van der Waals surface area contributed by atoms with E-state index in [2.05, 4.69) is 17.9 Å². The third-order valence-corrected chi connectivity index (χ3v) is 3.83. The fourth-order valence-electron chi connectivity index (χ4n) is 2.34. The van der Waals surface area contributed by atoms with Crippen molar-refractivity contribution in [1.82, 2.24) is 0 Å². The third-order valence-electron chi connectivity index (χ3n) is 3.83. The molecule has 0 unspecified atom stereocenters. The molecule has 2 N–H and O–H groups in total. The second kappa shape index (κ2) is 4.77. The lowest BCUT2D eigenvalue weighted by Crippen LogP contribution is -2.42. The van der Waals surface area contributed by atoms with E-state index < -0.39 is 0 Å². The largest absolute Gasteiger partial charge is 0.370 e. The molecule has 0 bridgehead atoms. The first kappa shape index (κ1) is 11.9. The predicted octanol–water partition coefficient (Wildman–Crippen LogP) is 2.12. The van der Waals surface area contributed by atoms with E-state index in [-0.39, 0.29) is 5.41 Å². The number of piperidine rings is 1. The van der Waals surface area contributed by atoms with Gasteiger partial charge in [0.15, 0.2) is 0 Å². The van der Waals surface area contributed by atoms with Crippen molar-refractivity contribution in [2.45, 2.75) is 19.8 Å². The number of nitrogens with zero attached hydrogens (tertiary/aromatic N) is 2. The summed E-state index contributed by atoms with van der Waals surface area (Å²) in [5, 5.41) is 9.10. The molecule has 0 radical (unpaired) electrons. The van der Waals surface area contributed by atoms with Gasteiger partial charge >= 0.3 is 0 Å². The van der Waals surface area contributed by atoms with E-state index in [4.69, 9.17) is 11.0 Å². The molecule has 3 heteroatoms. The van der Waals surface area contributed by atoms with Crippen molar-refractivity contribution in [1.29, 1.82) is 5.26 Å². The van der Waals surface area contributed by atoms with Crippen LogP contribution < -0.4 is 10.6 Å². The molecule has 1 saturated heterocycles. The Morgan fingerprint density at radius 1 is 1.35 bits per heavy atom. The Labute approximate surface area is 103 Å². The van der Waals surface area contributed by atoms with E-state index in [1.807, 2.05) is 24.3 Å². The summed E-state index contributed by atoms with van der Waals surface area (Å²) >= 11 is 0. The van der Waals surface area contributed by atoms with E-state index in [1.54, 1.807) is 0 Å². The van der Waals surface area contributed by atoms with Gasteiger partial charge in [-0.25, -0.2) is 0 Å². The van der Waals surface area contributed by atoms with Gasteiger partial charge in [0.05, 0.1) is 11.3 Å². The number of rotatable bonds is 2. The summed E-state index contributed by atoms with van der Waals surface area (Å²) in [7, 11) is 0. The van der Waals surface area contributed by atoms with Crippen LogP contribution in [-0.4, -0.2) is 19.6 Å². The number of anilines is 1. The number of hydrogen-bond acceptors (Lipinski definition) is 3. The van der Waals surface area contributed by atoms with E-state index in [0.717, 1.165) is 43.7 Å². The molecule has 0 spiro atoms. The monoisotopic (exact) mass is 229 g/mol. The summed E-state index contributed by atoms with van der Waals surface area (Å²) < 4.78 is 0. The zero-order valence-corrected chi connectivity index (χ0v) is 10.3. The molecule has 0 atom stereocenters. The summed E-state index contributed by atoms with van der Waals surface area (Å²) in [4.78, 5) is 2.30. The number of nitrogens with two attached hydrogens (primary N) is 1. The molecule has 2 rings (SSSR count). The summed E-state index contributed by atoms with van der Waals surface area (Å²) in [5.74, 6) is 0. The molecule has 3 nitrogen and oxygen atoms in total. The molecule has 17 heavy (non-hydrogen) atoms. The predicted molar refractivity (Wildman–Crippen MR) is 69.8 cm³/mol. The van der Waals surface area contributed by atoms with E-state index in [9.17, 15) is 0 Å². The van der Waals surface area contributed by atoms with Crippen molar-refractivity contribution >= 4 is 5.69 Å². The van der Waals surface area contributed by atoms with Crippen LogP contribution in [0.1, 0.15) is 25.3 Å². The second-order valence-corrected chi connectivity index (χ2v) is 5.13. The quantitative estimate of drug-likeness (QED) is 0.845. The van der Waals surface area contributed by atoms with Crippen molar-refractivity contribution in [2.24, 2.45) is 11.1 Å². The molecule has 90 valence electrons. The number of nitriles is 1. The van der Waals surface area contributed by atoms with Crippen LogP contribution in [0.2, 0.25) is 0 Å². The topological polar surface area (TPSA) is 53.0 Å². The minimum atomic E-state index is 0.276. The maximum atomic E-state index is 9.10. The smallest absolute Gasteiger partial charge is 0.101 e. The van der Waals surface area contributed by atoms with Crippen LogP contribution in [0.5, 0.6) is 0 Å². The van der Waals surface area contributed by atoms with Crippen LogP contribution in [0.15, 0.2) is 24.3 Å². The van der Waals surface area contributed by atoms with E-state index in [0.29, 0.717) is 0 Å². The van der Waals surface area contributed by atoms with Crippen LogP contribution in [0.25, 0.3) is 0 Å². The molecule has 0 amide bonds. The fraction of sp³-hybridized carbons (Fsp3) is 0.500. The van der Waals surface area contributed by atoms with Gasteiger partial charge in [-0.1, -0.05) is 19.1 Å². The maximum absolute atomic E-state index is 9.10. The summed E-state index contributed by atoms with van der Waals surface area (Å²) in [6.45, 7) is 4.99. The van der Waals surface area contributed by atoms with Crippen molar-refractivity contribution in [3.63, 3.8) is 0 Å². The normalized spacial score (nSPS) is 18.8. The Balaban J connectivity index is 2.14. The summed E-state index contributed by atoms with van der Waals surface area (Å²) in [6.07, 6.45) is 2.20. The molecule has 1 aromatic carbocycles. The Bertz CT molecular complexity index is 425. The van der Waals surface area contributed by atoms with Gasteiger partial charge in [-0.2, -0.15) is 5.26 Å². The van der Waals surface area contributed by atoms with E-state index in [1.165, 1.54) is 0 Å². The van der Waals surface area contributed by atoms with Crippen LogP contribution in [0.3, 0.4) is 0 Å². The standard InChI is InChI=1S/C14H19N3/c1-14(11-16)6-8-17(9-7-14)13-5-3-2-4-12(13)10-15/h2-5H,6-9,11,16H2,1H3. The summed E-state index contributed by atoms with van der Waals surface area (Å²) in [6, 6.07) is 10.1. The van der Waals surface area contributed by atoms with Gasteiger partial charge < -0.3 is 10.6 Å². The maximum Gasteiger partial charge on any atom is 0.101 e. The minimum Gasteiger partial charge on any atom is -0.370 e. The zero-order chi connectivity index (χ0) is 12.3. The van der Waals surface area contributed by atoms with Gasteiger partial charge in [0.2, 0.25) is 0 Å². The molecule has 0 aromatic heterocycles. The van der Waals surface area contributed by atoms with Crippen LogP contribution in [-0.2, 0) is 0 Å². The molecule has 1 aromatic rings. The van der Waals surface area contributed by atoms with Gasteiger partial charge in [-0.15, -0.1) is 0 Å².